The second kappa shape index (κ2) is 5.75. The van der Waals surface area contributed by atoms with Gasteiger partial charge < -0.3 is 4.74 Å². The molecule has 0 aliphatic rings. The summed E-state index contributed by atoms with van der Waals surface area (Å²) in [5.41, 5.74) is -0.0339. The Labute approximate surface area is 122 Å². The molecule has 0 saturated heterocycles. The fourth-order valence-corrected chi connectivity index (χ4v) is 1.72. The smallest absolute Gasteiger partial charge is 0.349 e. The summed E-state index contributed by atoms with van der Waals surface area (Å²) in [4.78, 5) is 11.7. The maximum atomic E-state index is 13.5. The van der Waals surface area contributed by atoms with E-state index in [1.165, 1.54) is 12.1 Å². The van der Waals surface area contributed by atoms with Gasteiger partial charge in [-0.05, 0) is 37.1 Å². The summed E-state index contributed by atoms with van der Waals surface area (Å²) < 4.78 is 70.6. The van der Waals surface area contributed by atoms with Crippen molar-refractivity contribution in [1.29, 1.82) is 0 Å². The highest BCUT2D eigenvalue weighted by molar-refractivity contribution is 5.91. The quantitative estimate of drug-likeness (QED) is 0.273. The minimum absolute atomic E-state index is 0.0722. The lowest BCUT2D eigenvalue weighted by molar-refractivity contribution is 0.0721. The molecule has 2 nitrogen and oxygen atoms in total. The second-order valence-electron chi connectivity index (χ2n) is 4.58. The Morgan fingerprint density at radius 1 is 0.818 bits per heavy atom. The number of aryl methyl sites for hydroxylation is 2. The van der Waals surface area contributed by atoms with Gasteiger partial charge in [0.1, 0.15) is 11.3 Å². The lowest BCUT2D eigenvalue weighted by Gasteiger charge is -2.09. The first-order chi connectivity index (χ1) is 10.2. The summed E-state index contributed by atoms with van der Waals surface area (Å²) in [6.07, 6.45) is 0. The molecule has 0 saturated carbocycles. The van der Waals surface area contributed by atoms with Crippen LogP contribution in [0.2, 0.25) is 0 Å². The highest BCUT2D eigenvalue weighted by Crippen LogP contribution is 2.25. The first-order valence-corrected chi connectivity index (χ1v) is 6.05. The molecule has 0 aliphatic heterocycles. The number of carbonyl (C=O) groups excluding carboxylic acids is 1. The van der Waals surface area contributed by atoms with Gasteiger partial charge >= 0.3 is 5.97 Å². The van der Waals surface area contributed by atoms with Crippen molar-refractivity contribution in [2.75, 3.05) is 0 Å². The first kappa shape index (κ1) is 15.9. The monoisotopic (exact) mass is 316 g/mol. The second-order valence-corrected chi connectivity index (χ2v) is 4.58. The Balaban J connectivity index is 2.44. The molecule has 0 bridgehead atoms. The molecule has 0 heterocycles. The Morgan fingerprint density at radius 2 is 1.32 bits per heavy atom. The third-order valence-electron chi connectivity index (χ3n) is 3.10. The predicted octanol–water partition coefficient (Wildman–Crippen LogP) is 4.22. The third-order valence-corrected chi connectivity index (χ3v) is 3.10. The fraction of sp³-hybridized carbons (Fsp3) is 0.133. The average molecular weight is 316 g/mol. The van der Waals surface area contributed by atoms with Crippen LogP contribution in [0.4, 0.5) is 22.0 Å². The summed E-state index contributed by atoms with van der Waals surface area (Å²) >= 11 is 0. The van der Waals surface area contributed by atoms with Gasteiger partial charge in [0.15, 0.2) is 23.3 Å². The molecule has 0 spiro atoms. The minimum atomic E-state index is -2.34. The molecule has 0 amide bonds. The standard InChI is InChI=1S/C15H9F5O2/c1-6-3-4-8(5-7(6)2)22-15(21)9-10(16)12(18)14(20)13(19)11(9)17/h3-5H,1-2H3. The van der Waals surface area contributed by atoms with E-state index in [0.717, 1.165) is 11.1 Å². The first-order valence-electron chi connectivity index (χ1n) is 6.05. The van der Waals surface area contributed by atoms with Crippen molar-refractivity contribution in [3.63, 3.8) is 0 Å². The number of hydrogen-bond acceptors (Lipinski definition) is 2. The van der Waals surface area contributed by atoms with Crippen molar-refractivity contribution in [1.82, 2.24) is 0 Å². The van der Waals surface area contributed by atoms with Crippen LogP contribution in [0.25, 0.3) is 0 Å². The third kappa shape index (κ3) is 2.66. The maximum absolute atomic E-state index is 13.5. The summed E-state index contributed by atoms with van der Waals surface area (Å²) in [5.74, 6) is -12.9. The van der Waals surface area contributed by atoms with Crippen LogP contribution in [0.1, 0.15) is 21.5 Å². The molecular weight excluding hydrogens is 307 g/mol. The van der Waals surface area contributed by atoms with Crippen molar-refractivity contribution in [2.45, 2.75) is 13.8 Å². The van der Waals surface area contributed by atoms with E-state index < -0.39 is 40.6 Å². The lowest BCUT2D eigenvalue weighted by atomic mass is 10.1. The van der Waals surface area contributed by atoms with Gasteiger partial charge in [0.25, 0.3) is 0 Å². The van der Waals surface area contributed by atoms with Crippen LogP contribution in [0.15, 0.2) is 18.2 Å². The summed E-state index contributed by atoms with van der Waals surface area (Å²) in [6.45, 7) is 3.48. The molecule has 7 heteroatoms. The minimum Gasteiger partial charge on any atom is -0.423 e. The van der Waals surface area contributed by atoms with Crippen molar-refractivity contribution in [3.05, 3.63) is 64.0 Å². The van der Waals surface area contributed by atoms with Crippen LogP contribution < -0.4 is 4.74 Å². The molecule has 0 N–H and O–H groups in total. The zero-order valence-corrected chi connectivity index (χ0v) is 11.4. The Hall–Kier alpha value is -2.44. The van der Waals surface area contributed by atoms with Gasteiger partial charge in [-0.1, -0.05) is 6.07 Å². The number of hydrogen-bond donors (Lipinski definition) is 0. The van der Waals surface area contributed by atoms with E-state index in [4.69, 9.17) is 0 Å². The highest BCUT2D eigenvalue weighted by atomic mass is 19.2. The Morgan fingerprint density at radius 3 is 1.82 bits per heavy atom. The molecule has 2 aromatic carbocycles. The average Bonchev–Trinajstić information content (AvgIpc) is 2.47. The molecule has 0 aromatic heterocycles. The number of benzene rings is 2. The van der Waals surface area contributed by atoms with Gasteiger partial charge in [-0.25, -0.2) is 26.7 Å². The fourth-order valence-electron chi connectivity index (χ4n) is 1.72. The van der Waals surface area contributed by atoms with Gasteiger partial charge in [0.05, 0.1) is 0 Å². The summed E-state index contributed by atoms with van der Waals surface area (Å²) in [5, 5.41) is 0. The zero-order valence-electron chi connectivity index (χ0n) is 11.4. The van der Waals surface area contributed by atoms with Crippen LogP contribution in [0.3, 0.4) is 0 Å². The van der Waals surface area contributed by atoms with Crippen molar-refractivity contribution in [3.8, 4) is 5.75 Å². The molecule has 2 aromatic rings. The SMILES string of the molecule is Cc1ccc(OC(=O)c2c(F)c(F)c(F)c(F)c2F)cc1C. The molecular formula is C15H9F5O2. The Bertz CT molecular complexity index is 742. The van der Waals surface area contributed by atoms with Crippen LogP contribution in [-0.2, 0) is 0 Å². The molecule has 0 atom stereocenters. The molecule has 0 radical (unpaired) electrons. The lowest BCUT2D eigenvalue weighted by Crippen LogP contribution is -2.17. The molecule has 116 valence electrons. The van der Waals surface area contributed by atoms with Gasteiger partial charge in [-0.15, -0.1) is 0 Å². The maximum Gasteiger partial charge on any atom is 0.349 e. The van der Waals surface area contributed by atoms with E-state index in [-0.39, 0.29) is 5.75 Å². The summed E-state index contributed by atoms with van der Waals surface area (Å²) in [6, 6.07) is 4.32. The summed E-state index contributed by atoms with van der Waals surface area (Å²) in [7, 11) is 0. The largest absolute Gasteiger partial charge is 0.423 e. The van der Waals surface area contributed by atoms with E-state index in [1.54, 1.807) is 19.9 Å². The highest BCUT2D eigenvalue weighted by Gasteiger charge is 2.30. The molecule has 2 rings (SSSR count). The molecule has 0 unspecified atom stereocenters. The van der Waals surface area contributed by atoms with Gasteiger partial charge in [-0.2, -0.15) is 0 Å². The number of carbonyl (C=O) groups is 1. The zero-order chi connectivity index (χ0) is 16.6. The van der Waals surface area contributed by atoms with E-state index in [0.29, 0.717) is 0 Å². The van der Waals surface area contributed by atoms with Gasteiger partial charge in [-0.3, -0.25) is 0 Å². The van der Waals surface area contributed by atoms with Gasteiger partial charge in [0.2, 0.25) is 5.82 Å². The van der Waals surface area contributed by atoms with Crippen LogP contribution >= 0.6 is 0 Å². The van der Waals surface area contributed by atoms with E-state index >= 15 is 0 Å². The van der Waals surface area contributed by atoms with Crippen molar-refractivity contribution < 1.29 is 31.5 Å². The molecule has 22 heavy (non-hydrogen) atoms. The topological polar surface area (TPSA) is 26.3 Å². The number of halogens is 5. The van der Waals surface area contributed by atoms with Crippen molar-refractivity contribution in [2.24, 2.45) is 0 Å². The van der Waals surface area contributed by atoms with E-state index in [9.17, 15) is 26.7 Å². The van der Waals surface area contributed by atoms with E-state index in [2.05, 4.69) is 4.74 Å². The van der Waals surface area contributed by atoms with Crippen LogP contribution in [-0.4, -0.2) is 5.97 Å². The van der Waals surface area contributed by atoms with Crippen LogP contribution in [0.5, 0.6) is 5.75 Å². The Kier molecular flexibility index (Phi) is 4.16. The van der Waals surface area contributed by atoms with Crippen molar-refractivity contribution >= 4 is 5.97 Å². The van der Waals surface area contributed by atoms with Crippen LogP contribution in [0, 0.1) is 42.9 Å². The predicted molar refractivity (Wildman–Crippen MR) is 67.1 cm³/mol. The molecule has 0 fully saturated rings. The number of rotatable bonds is 2. The molecule has 0 aliphatic carbocycles. The normalized spacial score (nSPS) is 10.7. The number of esters is 1. The number of ether oxygens (including phenoxy) is 1. The van der Waals surface area contributed by atoms with E-state index in [1.807, 2.05) is 0 Å². The van der Waals surface area contributed by atoms with Gasteiger partial charge in [0, 0.05) is 0 Å².